The first-order valence-corrected chi connectivity index (χ1v) is 7.81. The minimum atomic E-state index is -0.142. The number of aryl methyl sites for hydroxylation is 1. The number of nitrogens with one attached hydrogen (secondary N) is 1. The van der Waals surface area contributed by atoms with Gasteiger partial charge in [-0.15, -0.1) is 0 Å². The van der Waals surface area contributed by atoms with Crippen LogP contribution in [0.15, 0.2) is 42.6 Å². The summed E-state index contributed by atoms with van der Waals surface area (Å²) in [6.07, 6.45) is 2.65. The number of rotatable bonds is 4. The summed E-state index contributed by atoms with van der Waals surface area (Å²) >= 11 is 0. The Kier molecular flexibility index (Phi) is 4.10. The highest BCUT2D eigenvalue weighted by Crippen LogP contribution is 2.21. The maximum Gasteiger partial charge on any atom is 0.257 e. The normalized spacial score (nSPS) is 12.3. The van der Waals surface area contributed by atoms with Crippen LogP contribution < -0.4 is 5.32 Å². The van der Waals surface area contributed by atoms with Gasteiger partial charge in [0.25, 0.3) is 5.91 Å². The van der Waals surface area contributed by atoms with Gasteiger partial charge in [-0.1, -0.05) is 25.1 Å². The highest BCUT2D eigenvalue weighted by molar-refractivity contribution is 6.12. The minimum Gasteiger partial charge on any atom is -0.307 e. The number of hydrogen-bond acceptors (Lipinski definition) is 3. The average molecular weight is 308 g/mol. The predicted octanol–water partition coefficient (Wildman–Crippen LogP) is 3.96. The molecule has 1 unspecified atom stereocenters. The molecule has 0 fully saturated rings. The van der Waals surface area contributed by atoms with Gasteiger partial charge >= 0.3 is 0 Å². The third-order valence-electron chi connectivity index (χ3n) is 4.01. The zero-order chi connectivity index (χ0) is 16.4. The van der Waals surface area contributed by atoms with Crippen LogP contribution in [0.5, 0.6) is 0 Å². The number of carbonyl (C=O) groups is 1. The van der Waals surface area contributed by atoms with Crippen LogP contribution in [-0.2, 0) is 0 Å². The third kappa shape index (κ3) is 2.95. The standard InChI is InChI=1S/C18H20N4O/c1-4-13(3)22-17(9-10-19-22)21-18(23)15-11-12(2)20-16-8-6-5-7-14(15)16/h5-11,13H,4H2,1-3H3,(H,21,23). The van der Waals surface area contributed by atoms with E-state index in [1.54, 1.807) is 6.20 Å². The topological polar surface area (TPSA) is 59.8 Å². The Morgan fingerprint density at radius 1 is 1.30 bits per heavy atom. The van der Waals surface area contributed by atoms with Crippen molar-refractivity contribution in [2.24, 2.45) is 0 Å². The first kappa shape index (κ1) is 15.2. The van der Waals surface area contributed by atoms with E-state index in [4.69, 9.17) is 0 Å². The second kappa shape index (κ2) is 6.20. The first-order chi connectivity index (χ1) is 11.1. The van der Waals surface area contributed by atoms with Crippen molar-refractivity contribution in [1.82, 2.24) is 14.8 Å². The fourth-order valence-corrected chi connectivity index (χ4v) is 2.62. The van der Waals surface area contributed by atoms with E-state index in [9.17, 15) is 4.79 Å². The average Bonchev–Trinajstić information content (AvgIpc) is 3.01. The Morgan fingerprint density at radius 3 is 2.87 bits per heavy atom. The first-order valence-electron chi connectivity index (χ1n) is 7.81. The molecule has 3 rings (SSSR count). The largest absolute Gasteiger partial charge is 0.307 e. The smallest absolute Gasteiger partial charge is 0.257 e. The highest BCUT2D eigenvalue weighted by atomic mass is 16.1. The Balaban J connectivity index is 1.97. The summed E-state index contributed by atoms with van der Waals surface area (Å²) < 4.78 is 1.84. The van der Waals surface area contributed by atoms with Gasteiger partial charge in [-0.2, -0.15) is 5.10 Å². The van der Waals surface area contributed by atoms with Crippen molar-refractivity contribution in [1.29, 1.82) is 0 Å². The summed E-state index contributed by atoms with van der Waals surface area (Å²) in [5.41, 5.74) is 2.28. The molecule has 1 amide bonds. The summed E-state index contributed by atoms with van der Waals surface area (Å²) in [6, 6.07) is 11.6. The summed E-state index contributed by atoms with van der Waals surface area (Å²) in [7, 11) is 0. The van der Waals surface area contributed by atoms with Gasteiger partial charge in [0, 0.05) is 17.1 Å². The van der Waals surface area contributed by atoms with Crippen LogP contribution in [-0.4, -0.2) is 20.7 Å². The van der Waals surface area contributed by atoms with Crippen molar-refractivity contribution in [3.05, 3.63) is 53.9 Å². The Hall–Kier alpha value is -2.69. The van der Waals surface area contributed by atoms with E-state index in [2.05, 4.69) is 29.2 Å². The lowest BCUT2D eigenvalue weighted by Crippen LogP contribution is -2.18. The van der Waals surface area contributed by atoms with Gasteiger partial charge in [-0.3, -0.25) is 9.78 Å². The molecule has 118 valence electrons. The van der Waals surface area contributed by atoms with Gasteiger partial charge in [-0.25, -0.2) is 4.68 Å². The van der Waals surface area contributed by atoms with E-state index >= 15 is 0 Å². The van der Waals surface area contributed by atoms with E-state index in [1.807, 2.05) is 48.0 Å². The molecule has 1 atom stereocenters. The molecule has 0 bridgehead atoms. The van der Waals surface area contributed by atoms with Crippen molar-refractivity contribution in [2.75, 3.05) is 5.32 Å². The van der Waals surface area contributed by atoms with Gasteiger partial charge in [0.1, 0.15) is 5.82 Å². The van der Waals surface area contributed by atoms with Crippen LogP contribution in [0.2, 0.25) is 0 Å². The second-order valence-electron chi connectivity index (χ2n) is 5.70. The number of para-hydroxylation sites is 1. The molecule has 0 aliphatic rings. The molecule has 5 nitrogen and oxygen atoms in total. The number of anilines is 1. The van der Waals surface area contributed by atoms with E-state index in [0.717, 1.165) is 23.0 Å². The fourth-order valence-electron chi connectivity index (χ4n) is 2.62. The molecule has 1 N–H and O–H groups in total. The number of amides is 1. The summed E-state index contributed by atoms with van der Waals surface area (Å²) in [6.45, 7) is 6.07. The molecule has 5 heteroatoms. The SMILES string of the molecule is CCC(C)n1nccc1NC(=O)c1cc(C)nc2ccccc12. The number of carbonyl (C=O) groups excluding carboxylic acids is 1. The van der Waals surface area contributed by atoms with E-state index in [0.29, 0.717) is 11.4 Å². The highest BCUT2D eigenvalue weighted by Gasteiger charge is 2.15. The van der Waals surface area contributed by atoms with Crippen LogP contribution in [0.1, 0.15) is 42.4 Å². The molecule has 2 aromatic heterocycles. The van der Waals surface area contributed by atoms with Crippen LogP contribution in [0, 0.1) is 6.92 Å². The van der Waals surface area contributed by atoms with Crippen molar-refractivity contribution in [3.8, 4) is 0 Å². The number of benzene rings is 1. The van der Waals surface area contributed by atoms with Crippen molar-refractivity contribution < 1.29 is 4.79 Å². The monoisotopic (exact) mass is 308 g/mol. The van der Waals surface area contributed by atoms with Gasteiger partial charge in [0.15, 0.2) is 0 Å². The molecule has 0 spiro atoms. The molecule has 3 aromatic rings. The summed E-state index contributed by atoms with van der Waals surface area (Å²) in [4.78, 5) is 17.2. The molecule has 0 aliphatic carbocycles. The molecule has 0 saturated carbocycles. The number of pyridine rings is 1. The Labute approximate surface area is 135 Å². The van der Waals surface area contributed by atoms with E-state index in [-0.39, 0.29) is 11.9 Å². The van der Waals surface area contributed by atoms with Gasteiger partial charge in [0.2, 0.25) is 0 Å². The predicted molar refractivity (Wildman–Crippen MR) is 91.7 cm³/mol. The molecule has 0 saturated heterocycles. The van der Waals surface area contributed by atoms with Gasteiger partial charge in [0.05, 0.1) is 23.3 Å². The minimum absolute atomic E-state index is 0.142. The maximum absolute atomic E-state index is 12.8. The van der Waals surface area contributed by atoms with Gasteiger partial charge in [-0.05, 0) is 32.4 Å². The number of aromatic nitrogens is 3. The fraction of sp³-hybridized carbons (Fsp3) is 0.278. The molecule has 0 radical (unpaired) electrons. The number of hydrogen-bond donors (Lipinski definition) is 1. The molecular formula is C18H20N4O. The van der Waals surface area contributed by atoms with E-state index < -0.39 is 0 Å². The summed E-state index contributed by atoms with van der Waals surface area (Å²) in [5.74, 6) is 0.569. The second-order valence-corrected chi connectivity index (χ2v) is 5.70. The Morgan fingerprint density at radius 2 is 2.09 bits per heavy atom. The van der Waals surface area contributed by atoms with Gasteiger partial charge < -0.3 is 5.32 Å². The number of fused-ring (bicyclic) bond motifs is 1. The van der Waals surface area contributed by atoms with Crippen molar-refractivity contribution in [2.45, 2.75) is 33.2 Å². The zero-order valence-corrected chi connectivity index (χ0v) is 13.6. The maximum atomic E-state index is 12.8. The van der Waals surface area contributed by atoms with Crippen molar-refractivity contribution >= 4 is 22.6 Å². The molecule has 23 heavy (non-hydrogen) atoms. The van der Waals surface area contributed by atoms with E-state index in [1.165, 1.54) is 0 Å². The lowest BCUT2D eigenvalue weighted by Gasteiger charge is -2.15. The molecule has 0 aliphatic heterocycles. The zero-order valence-electron chi connectivity index (χ0n) is 13.6. The quantitative estimate of drug-likeness (QED) is 0.793. The lowest BCUT2D eigenvalue weighted by molar-refractivity contribution is 0.102. The van der Waals surface area contributed by atoms with Crippen molar-refractivity contribution in [3.63, 3.8) is 0 Å². The van der Waals surface area contributed by atoms with Crippen LogP contribution >= 0.6 is 0 Å². The number of nitrogens with zero attached hydrogens (tertiary/aromatic N) is 3. The molecule has 2 heterocycles. The van der Waals surface area contributed by atoms with Crippen LogP contribution in [0.3, 0.4) is 0 Å². The Bertz CT molecular complexity index is 853. The van der Waals surface area contributed by atoms with Crippen LogP contribution in [0.4, 0.5) is 5.82 Å². The molecule has 1 aromatic carbocycles. The third-order valence-corrected chi connectivity index (χ3v) is 4.01. The van der Waals surface area contributed by atoms with Crippen LogP contribution in [0.25, 0.3) is 10.9 Å². The lowest BCUT2D eigenvalue weighted by atomic mass is 10.1. The molecular weight excluding hydrogens is 288 g/mol. The summed E-state index contributed by atoms with van der Waals surface area (Å²) in [5, 5.41) is 8.13.